The summed E-state index contributed by atoms with van der Waals surface area (Å²) in [7, 11) is 0. The summed E-state index contributed by atoms with van der Waals surface area (Å²) in [4.78, 5) is 10.4. The quantitative estimate of drug-likeness (QED) is 0.653. The highest BCUT2D eigenvalue weighted by atomic mass is 16.6. The van der Waals surface area contributed by atoms with Gasteiger partial charge in [-0.1, -0.05) is 12.1 Å². The van der Waals surface area contributed by atoms with Crippen LogP contribution < -0.4 is 5.73 Å². The summed E-state index contributed by atoms with van der Waals surface area (Å²) in [6, 6.07) is 6.83. The summed E-state index contributed by atoms with van der Waals surface area (Å²) in [5.41, 5.74) is 7.06. The van der Waals surface area contributed by atoms with Gasteiger partial charge in [0.15, 0.2) is 0 Å². The molecule has 0 saturated carbocycles. The Morgan fingerprint density at radius 2 is 2.11 bits per heavy atom. The average molecular weight is 250 g/mol. The van der Waals surface area contributed by atoms with Gasteiger partial charge >= 0.3 is 0 Å². The van der Waals surface area contributed by atoms with Crippen LogP contribution in [0.1, 0.15) is 18.4 Å². The molecule has 1 heterocycles. The van der Waals surface area contributed by atoms with E-state index in [2.05, 4.69) is 0 Å². The minimum atomic E-state index is -0.359. The third kappa shape index (κ3) is 2.86. The molecule has 2 N–H and O–H groups in total. The largest absolute Gasteiger partial charge is 0.381 e. The van der Waals surface area contributed by atoms with Gasteiger partial charge < -0.3 is 10.5 Å². The van der Waals surface area contributed by atoms with Crippen molar-refractivity contribution in [1.29, 1.82) is 0 Å². The highest BCUT2D eigenvalue weighted by molar-refractivity contribution is 5.34. The third-order valence-corrected chi connectivity index (χ3v) is 3.69. The predicted molar refractivity (Wildman–Crippen MR) is 68.3 cm³/mol. The maximum Gasteiger partial charge on any atom is 0.269 e. The van der Waals surface area contributed by atoms with E-state index in [0.717, 1.165) is 38.0 Å². The van der Waals surface area contributed by atoms with Crippen LogP contribution in [0.4, 0.5) is 5.69 Å². The molecule has 0 spiro atoms. The molecular weight excluding hydrogens is 232 g/mol. The van der Waals surface area contributed by atoms with Crippen LogP contribution in [-0.4, -0.2) is 24.7 Å². The van der Waals surface area contributed by atoms with Crippen molar-refractivity contribution in [2.24, 2.45) is 11.1 Å². The average Bonchev–Trinajstić information content (AvgIpc) is 2.40. The zero-order valence-electron chi connectivity index (χ0n) is 10.3. The number of non-ortho nitro benzene ring substituents is 1. The smallest absolute Gasteiger partial charge is 0.269 e. The normalized spacial score (nSPS) is 18.5. The molecule has 2 rings (SSSR count). The summed E-state index contributed by atoms with van der Waals surface area (Å²) in [6.45, 7) is 2.05. The lowest BCUT2D eigenvalue weighted by Gasteiger charge is -2.36. The van der Waals surface area contributed by atoms with Gasteiger partial charge in [-0.25, -0.2) is 0 Å². The van der Waals surface area contributed by atoms with Crippen LogP contribution in [0.5, 0.6) is 0 Å². The molecular formula is C13H18N2O3. The molecule has 0 aliphatic carbocycles. The van der Waals surface area contributed by atoms with E-state index in [1.807, 2.05) is 6.07 Å². The van der Waals surface area contributed by atoms with Crippen molar-refractivity contribution in [1.82, 2.24) is 0 Å². The number of nitrogens with zero attached hydrogens (tertiary/aromatic N) is 1. The molecule has 0 aromatic heterocycles. The number of rotatable bonds is 4. The fourth-order valence-electron chi connectivity index (χ4n) is 2.47. The maximum absolute atomic E-state index is 10.8. The van der Waals surface area contributed by atoms with Crippen molar-refractivity contribution in [2.45, 2.75) is 19.3 Å². The zero-order valence-corrected chi connectivity index (χ0v) is 10.3. The summed E-state index contributed by atoms with van der Waals surface area (Å²) < 4.78 is 5.36. The number of nitrogens with two attached hydrogens (primary N) is 1. The summed E-state index contributed by atoms with van der Waals surface area (Å²) in [5, 5.41) is 10.8. The predicted octanol–water partition coefficient (Wildman–Crippen LogP) is 1.89. The number of ether oxygens (including phenoxy) is 1. The first-order valence-electron chi connectivity index (χ1n) is 6.16. The fourth-order valence-corrected chi connectivity index (χ4v) is 2.47. The topological polar surface area (TPSA) is 78.4 Å². The van der Waals surface area contributed by atoms with E-state index in [1.165, 1.54) is 6.07 Å². The number of hydrogen-bond acceptors (Lipinski definition) is 4. The first-order valence-corrected chi connectivity index (χ1v) is 6.16. The molecule has 0 radical (unpaired) electrons. The Labute approximate surface area is 106 Å². The Balaban J connectivity index is 2.16. The van der Waals surface area contributed by atoms with Crippen LogP contribution in [0.2, 0.25) is 0 Å². The Kier molecular flexibility index (Phi) is 3.93. The lowest BCUT2D eigenvalue weighted by Crippen LogP contribution is -2.38. The summed E-state index contributed by atoms with van der Waals surface area (Å²) >= 11 is 0. The van der Waals surface area contributed by atoms with Gasteiger partial charge in [0.25, 0.3) is 5.69 Å². The molecule has 18 heavy (non-hydrogen) atoms. The standard InChI is InChI=1S/C13H18N2O3/c14-10-13(4-6-18-7-5-13)9-11-2-1-3-12(8-11)15(16)17/h1-3,8H,4-7,9-10,14H2. The second kappa shape index (κ2) is 5.46. The van der Waals surface area contributed by atoms with E-state index in [9.17, 15) is 10.1 Å². The van der Waals surface area contributed by atoms with E-state index in [-0.39, 0.29) is 16.0 Å². The Morgan fingerprint density at radius 3 is 2.72 bits per heavy atom. The van der Waals surface area contributed by atoms with Crippen molar-refractivity contribution in [3.63, 3.8) is 0 Å². The molecule has 0 bridgehead atoms. The van der Waals surface area contributed by atoms with Crippen molar-refractivity contribution < 1.29 is 9.66 Å². The minimum Gasteiger partial charge on any atom is -0.381 e. The Hall–Kier alpha value is -1.46. The number of nitro groups is 1. The number of hydrogen-bond donors (Lipinski definition) is 1. The first kappa shape index (κ1) is 13.0. The molecule has 1 aromatic carbocycles. The van der Waals surface area contributed by atoms with Crippen molar-refractivity contribution >= 4 is 5.69 Å². The van der Waals surface area contributed by atoms with E-state index >= 15 is 0 Å². The van der Waals surface area contributed by atoms with Crippen molar-refractivity contribution in [2.75, 3.05) is 19.8 Å². The van der Waals surface area contributed by atoms with Gasteiger partial charge in [-0.15, -0.1) is 0 Å². The highest BCUT2D eigenvalue weighted by Gasteiger charge is 2.31. The van der Waals surface area contributed by atoms with Crippen LogP contribution in [0.3, 0.4) is 0 Å². The SMILES string of the molecule is NCC1(Cc2cccc([N+](=O)[O-])c2)CCOCC1. The van der Waals surface area contributed by atoms with Crippen LogP contribution in [-0.2, 0) is 11.2 Å². The van der Waals surface area contributed by atoms with Gasteiger partial charge in [0, 0.05) is 25.3 Å². The van der Waals surface area contributed by atoms with E-state index < -0.39 is 0 Å². The molecule has 0 amide bonds. The molecule has 1 aromatic rings. The van der Waals surface area contributed by atoms with Crippen LogP contribution in [0, 0.1) is 15.5 Å². The maximum atomic E-state index is 10.8. The fraction of sp³-hybridized carbons (Fsp3) is 0.538. The molecule has 5 nitrogen and oxygen atoms in total. The van der Waals surface area contributed by atoms with Gasteiger partial charge in [0.1, 0.15) is 0 Å². The van der Waals surface area contributed by atoms with Gasteiger partial charge in [0.2, 0.25) is 0 Å². The van der Waals surface area contributed by atoms with E-state index in [4.69, 9.17) is 10.5 Å². The van der Waals surface area contributed by atoms with E-state index in [1.54, 1.807) is 12.1 Å². The Bertz CT molecular complexity index is 428. The lowest BCUT2D eigenvalue weighted by atomic mass is 9.75. The van der Waals surface area contributed by atoms with Crippen molar-refractivity contribution in [3.05, 3.63) is 39.9 Å². The third-order valence-electron chi connectivity index (χ3n) is 3.69. The Morgan fingerprint density at radius 1 is 1.39 bits per heavy atom. The number of benzene rings is 1. The van der Waals surface area contributed by atoms with Crippen LogP contribution >= 0.6 is 0 Å². The second-order valence-electron chi connectivity index (χ2n) is 4.92. The monoisotopic (exact) mass is 250 g/mol. The molecule has 1 saturated heterocycles. The highest BCUT2D eigenvalue weighted by Crippen LogP contribution is 2.33. The molecule has 1 fully saturated rings. The molecule has 1 aliphatic heterocycles. The van der Waals surface area contributed by atoms with Crippen LogP contribution in [0.15, 0.2) is 24.3 Å². The summed E-state index contributed by atoms with van der Waals surface area (Å²) in [6.07, 6.45) is 2.63. The van der Waals surface area contributed by atoms with E-state index in [0.29, 0.717) is 6.54 Å². The number of nitro benzene ring substituents is 1. The van der Waals surface area contributed by atoms with Gasteiger partial charge in [-0.05, 0) is 36.8 Å². The van der Waals surface area contributed by atoms with Gasteiger partial charge in [-0.2, -0.15) is 0 Å². The zero-order chi connectivity index (χ0) is 13.0. The minimum absolute atomic E-state index is 0.0352. The lowest BCUT2D eigenvalue weighted by molar-refractivity contribution is -0.384. The summed E-state index contributed by atoms with van der Waals surface area (Å²) in [5.74, 6) is 0. The molecule has 5 heteroatoms. The molecule has 1 aliphatic rings. The molecule has 0 atom stereocenters. The van der Waals surface area contributed by atoms with Crippen molar-refractivity contribution in [3.8, 4) is 0 Å². The molecule has 98 valence electrons. The van der Waals surface area contributed by atoms with Gasteiger partial charge in [-0.3, -0.25) is 10.1 Å². The molecule has 0 unspecified atom stereocenters. The second-order valence-corrected chi connectivity index (χ2v) is 4.92. The van der Waals surface area contributed by atoms with Crippen LogP contribution in [0.25, 0.3) is 0 Å². The first-order chi connectivity index (χ1) is 8.65. The van der Waals surface area contributed by atoms with Gasteiger partial charge in [0.05, 0.1) is 4.92 Å².